The molecular formula is C17H15BrN2O2S. The Morgan fingerprint density at radius 2 is 1.91 bits per heavy atom. The van der Waals surface area contributed by atoms with Crippen LogP contribution in [0.3, 0.4) is 0 Å². The van der Waals surface area contributed by atoms with Crippen LogP contribution in [0.25, 0.3) is 10.9 Å². The van der Waals surface area contributed by atoms with E-state index in [4.69, 9.17) is 4.74 Å². The molecule has 0 atom stereocenters. The number of hydrogen-bond donors (Lipinski definition) is 0. The highest BCUT2D eigenvalue weighted by molar-refractivity contribution is 9.10. The van der Waals surface area contributed by atoms with E-state index in [9.17, 15) is 4.79 Å². The molecule has 3 rings (SSSR count). The predicted octanol–water partition coefficient (Wildman–Crippen LogP) is 3.87. The van der Waals surface area contributed by atoms with Crippen molar-refractivity contribution in [1.82, 2.24) is 9.55 Å². The number of fused-ring (bicyclic) bond motifs is 1. The lowest BCUT2D eigenvalue weighted by Gasteiger charge is -2.09. The van der Waals surface area contributed by atoms with Gasteiger partial charge in [0.1, 0.15) is 5.75 Å². The van der Waals surface area contributed by atoms with Gasteiger partial charge in [-0.3, -0.25) is 9.36 Å². The molecule has 0 radical (unpaired) electrons. The molecule has 0 amide bonds. The quantitative estimate of drug-likeness (QED) is 0.376. The van der Waals surface area contributed by atoms with Gasteiger partial charge in [0.15, 0.2) is 5.16 Å². The van der Waals surface area contributed by atoms with Crippen LogP contribution in [-0.4, -0.2) is 21.9 Å². The largest absolute Gasteiger partial charge is 0.493 e. The van der Waals surface area contributed by atoms with Gasteiger partial charge in [-0.2, -0.15) is 0 Å². The van der Waals surface area contributed by atoms with Gasteiger partial charge < -0.3 is 4.74 Å². The van der Waals surface area contributed by atoms with E-state index in [1.807, 2.05) is 42.5 Å². The van der Waals surface area contributed by atoms with Crippen molar-refractivity contribution in [2.45, 2.75) is 5.16 Å². The molecule has 0 saturated carbocycles. The van der Waals surface area contributed by atoms with Crippen molar-refractivity contribution in [1.29, 1.82) is 0 Å². The number of rotatable bonds is 5. The fourth-order valence-corrected chi connectivity index (χ4v) is 3.20. The topological polar surface area (TPSA) is 44.1 Å². The first-order valence-corrected chi connectivity index (χ1v) is 8.90. The molecule has 0 aliphatic carbocycles. The number of ether oxygens (including phenoxy) is 1. The second kappa shape index (κ2) is 7.19. The summed E-state index contributed by atoms with van der Waals surface area (Å²) in [4.78, 5) is 16.9. The van der Waals surface area contributed by atoms with Crippen LogP contribution in [0.5, 0.6) is 5.75 Å². The van der Waals surface area contributed by atoms with Crippen molar-refractivity contribution in [3.05, 3.63) is 63.4 Å². The van der Waals surface area contributed by atoms with Gasteiger partial charge in [-0.25, -0.2) is 4.98 Å². The maximum absolute atomic E-state index is 12.3. The minimum atomic E-state index is -0.0214. The van der Waals surface area contributed by atoms with Crippen LogP contribution in [0.15, 0.2) is 63.0 Å². The van der Waals surface area contributed by atoms with Crippen molar-refractivity contribution >= 4 is 38.6 Å². The molecule has 4 nitrogen and oxygen atoms in total. The Hall–Kier alpha value is -1.79. The molecule has 23 heavy (non-hydrogen) atoms. The van der Waals surface area contributed by atoms with Crippen molar-refractivity contribution < 1.29 is 4.74 Å². The smallest absolute Gasteiger partial charge is 0.261 e. The summed E-state index contributed by atoms with van der Waals surface area (Å²) in [6.07, 6.45) is 0. The number of hydrogen-bond acceptors (Lipinski definition) is 4. The molecule has 118 valence electrons. The standard InChI is InChI=1S/C17H15BrN2O2S/c1-20-16(21)14-4-2-3-5-15(14)19-17(20)23-11-10-22-13-8-6-12(18)7-9-13/h2-9H,10-11H2,1H3. The summed E-state index contributed by atoms with van der Waals surface area (Å²) in [5.41, 5.74) is 0.707. The highest BCUT2D eigenvalue weighted by Gasteiger charge is 2.08. The van der Waals surface area contributed by atoms with Crippen molar-refractivity contribution in [2.24, 2.45) is 7.05 Å². The molecule has 0 unspecified atom stereocenters. The number of benzene rings is 2. The van der Waals surface area contributed by atoms with E-state index in [-0.39, 0.29) is 5.56 Å². The summed E-state index contributed by atoms with van der Waals surface area (Å²) in [6, 6.07) is 15.1. The first-order chi connectivity index (χ1) is 11.1. The summed E-state index contributed by atoms with van der Waals surface area (Å²) in [5, 5.41) is 1.35. The van der Waals surface area contributed by atoms with E-state index in [1.165, 1.54) is 11.8 Å². The summed E-state index contributed by atoms with van der Waals surface area (Å²) < 4.78 is 8.30. The minimum absolute atomic E-state index is 0.0214. The van der Waals surface area contributed by atoms with E-state index in [1.54, 1.807) is 17.7 Å². The number of nitrogens with zero attached hydrogens (tertiary/aromatic N) is 2. The third-order valence-electron chi connectivity index (χ3n) is 3.34. The van der Waals surface area contributed by atoms with E-state index in [0.29, 0.717) is 22.9 Å². The molecule has 3 aromatic rings. The van der Waals surface area contributed by atoms with Gasteiger partial charge in [0.2, 0.25) is 0 Å². The van der Waals surface area contributed by atoms with Gasteiger partial charge in [-0.15, -0.1) is 0 Å². The van der Waals surface area contributed by atoms with Gasteiger partial charge in [0.25, 0.3) is 5.56 Å². The second-order valence-electron chi connectivity index (χ2n) is 4.93. The first-order valence-electron chi connectivity index (χ1n) is 7.12. The summed E-state index contributed by atoms with van der Waals surface area (Å²) in [7, 11) is 1.75. The van der Waals surface area contributed by atoms with Crippen LogP contribution in [0, 0.1) is 0 Å². The van der Waals surface area contributed by atoms with Crippen molar-refractivity contribution in [3.63, 3.8) is 0 Å². The second-order valence-corrected chi connectivity index (χ2v) is 6.90. The maximum atomic E-state index is 12.3. The van der Waals surface area contributed by atoms with Crippen molar-refractivity contribution in [3.8, 4) is 5.75 Å². The Bertz CT molecular complexity index is 878. The first kappa shape index (κ1) is 16.1. The zero-order valence-corrected chi connectivity index (χ0v) is 14.9. The summed E-state index contributed by atoms with van der Waals surface area (Å²) in [5.74, 6) is 1.54. The maximum Gasteiger partial charge on any atom is 0.261 e. The molecule has 2 aromatic carbocycles. The number of halogens is 1. The van der Waals surface area contributed by atoms with Gasteiger partial charge in [0.05, 0.1) is 17.5 Å². The van der Waals surface area contributed by atoms with E-state index >= 15 is 0 Å². The fraction of sp³-hybridized carbons (Fsp3) is 0.176. The lowest BCUT2D eigenvalue weighted by molar-refractivity contribution is 0.343. The van der Waals surface area contributed by atoms with Gasteiger partial charge in [-0.1, -0.05) is 39.8 Å². The Morgan fingerprint density at radius 3 is 2.70 bits per heavy atom. The molecule has 0 bridgehead atoms. The van der Waals surface area contributed by atoms with Crippen LogP contribution in [0.4, 0.5) is 0 Å². The fourth-order valence-electron chi connectivity index (χ4n) is 2.15. The Balaban J connectivity index is 1.66. The van der Waals surface area contributed by atoms with E-state index in [2.05, 4.69) is 20.9 Å². The molecule has 0 saturated heterocycles. The number of thioether (sulfide) groups is 1. The molecule has 6 heteroatoms. The van der Waals surface area contributed by atoms with E-state index < -0.39 is 0 Å². The predicted molar refractivity (Wildman–Crippen MR) is 97.3 cm³/mol. The Morgan fingerprint density at radius 1 is 1.17 bits per heavy atom. The average Bonchev–Trinajstić information content (AvgIpc) is 2.57. The van der Waals surface area contributed by atoms with Crippen LogP contribution in [-0.2, 0) is 7.05 Å². The Labute approximate surface area is 146 Å². The zero-order chi connectivity index (χ0) is 16.2. The lowest BCUT2D eigenvalue weighted by Crippen LogP contribution is -2.20. The van der Waals surface area contributed by atoms with Gasteiger partial charge in [0, 0.05) is 17.3 Å². The van der Waals surface area contributed by atoms with Crippen molar-refractivity contribution in [2.75, 3.05) is 12.4 Å². The van der Waals surface area contributed by atoms with Crippen LogP contribution >= 0.6 is 27.7 Å². The third kappa shape index (κ3) is 3.76. The Kier molecular flexibility index (Phi) is 5.03. The molecule has 0 N–H and O–H groups in total. The minimum Gasteiger partial charge on any atom is -0.493 e. The highest BCUT2D eigenvalue weighted by Crippen LogP contribution is 2.19. The number of para-hydroxylation sites is 1. The zero-order valence-electron chi connectivity index (χ0n) is 12.5. The van der Waals surface area contributed by atoms with Crippen LogP contribution in [0.1, 0.15) is 0 Å². The summed E-state index contributed by atoms with van der Waals surface area (Å²) >= 11 is 4.91. The normalized spacial score (nSPS) is 10.9. The molecule has 1 aromatic heterocycles. The molecule has 0 aliphatic rings. The lowest BCUT2D eigenvalue weighted by atomic mass is 10.2. The third-order valence-corrected chi connectivity index (χ3v) is 4.86. The van der Waals surface area contributed by atoms with Gasteiger partial charge >= 0.3 is 0 Å². The van der Waals surface area contributed by atoms with Crippen LogP contribution < -0.4 is 10.3 Å². The van der Waals surface area contributed by atoms with Gasteiger partial charge in [-0.05, 0) is 36.4 Å². The SMILES string of the molecule is Cn1c(SCCOc2ccc(Br)cc2)nc2ccccc2c1=O. The summed E-state index contributed by atoms with van der Waals surface area (Å²) in [6.45, 7) is 0.551. The van der Waals surface area contributed by atoms with E-state index in [0.717, 1.165) is 15.7 Å². The molecule has 0 aliphatic heterocycles. The highest BCUT2D eigenvalue weighted by atomic mass is 79.9. The average molecular weight is 391 g/mol. The molecule has 1 heterocycles. The van der Waals surface area contributed by atoms with Crippen LogP contribution in [0.2, 0.25) is 0 Å². The molecule has 0 fully saturated rings. The molecule has 0 spiro atoms. The molecular weight excluding hydrogens is 376 g/mol. The number of aromatic nitrogens is 2. The monoisotopic (exact) mass is 390 g/mol.